The summed E-state index contributed by atoms with van der Waals surface area (Å²) in [5, 5.41) is 0. The van der Waals surface area contributed by atoms with Crippen molar-refractivity contribution in [3.63, 3.8) is 0 Å². The van der Waals surface area contributed by atoms with Crippen molar-refractivity contribution in [2.24, 2.45) is 7.05 Å². The van der Waals surface area contributed by atoms with E-state index in [1.54, 1.807) is 7.05 Å². The highest BCUT2D eigenvalue weighted by molar-refractivity contribution is 7.59. The molecule has 0 amide bonds. The van der Waals surface area contributed by atoms with Crippen LogP contribution >= 0.6 is 13.5 Å². The molecule has 13 heavy (non-hydrogen) atoms. The zero-order valence-corrected chi connectivity index (χ0v) is 8.50. The number of oxazole rings is 1. The smallest absolute Gasteiger partial charge is 0.408 e. The van der Waals surface area contributed by atoms with Gasteiger partial charge in [0.15, 0.2) is 5.58 Å². The summed E-state index contributed by atoms with van der Waals surface area (Å²) in [7, 11) is 1.70. The summed E-state index contributed by atoms with van der Waals surface area (Å²) < 4.78 is 6.46. The van der Waals surface area contributed by atoms with Gasteiger partial charge in [0.2, 0.25) is 0 Å². The van der Waals surface area contributed by atoms with Crippen molar-refractivity contribution in [3.05, 3.63) is 34.3 Å². The Morgan fingerprint density at radius 3 is 2.77 bits per heavy atom. The first-order valence-electron chi connectivity index (χ1n) is 3.74. The van der Waals surface area contributed by atoms with Crippen molar-refractivity contribution < 1.29 is 4.42 Å². The third-order valence-electron chi connectivity index (χ3n) is 1.95. The second-order valence-electron chi connectivity index (χ2n) is 2.90. The number of rotatable bonds is 0. The van der Waals surface area contributed by atoms with E-state index >= 15 is 0 Å². The molecule has 4 heteroatoms. The van der Waals surface area contributed by atoms with Gasteiger partial charge in [0, 0.05) is 7.05 Å². The second kappa shape index (κ2) is 3.30. The van der Waals surface area contributed by atoms with Gasteiger partial charge < -0.3 is 4.42 Å². The maximum Gasteiger partial charge on any atom is 0.419 e. The molecular weight excluding hydrogens is 186 g/mol. The lowest BCUT2D eigenvalue weighted by Crippen LogP contribution is -2.08. The molecule has 0 bridgehead atoms. The fourth-order valence-corrected chi connectivity index (χ4v) is 1.24. The fraction of sp³-hybridized carbons (Fsp3) is 0.222. The molecule has 0 aliphatic heterocycles. The zero-order chi connectivity index (χ0) is 8.72. The highest BCUT2D eigenvalue weighted by Crippen LogP contribution is 2.12. The molecule has 2 aromatic rings. The van der Waals surface area contributed by atoms with E-state index in [-0.39, 0.29) is 19.3 Å². The SMILES string of the molecule is Cc1ccc2oc(=O)n(C)c2c1.S. The van der Waals surface area contributed by atoms with Crippen molar-refractivity contribution >= 4 is 24.6 Å². The van der Waals surface area contributed by atoms with Gasteiger partial charge in [-0.1, -0.05) is 6.07 Å². The summed E-state index contributed by atoms with van der Waals surface area (Å²) in [6.07, 6.45) is 0. The van der Waals surface area contributed by atoms with E-state index < -0.39 is 0 Å². The highest BCUT2D eigenvalue weighted by atomic mass is 32.1. The third-order valence-corrected chi connectivity index (χ3v) is 1.95. The molecule has 1 aromatic heterocycles. The van der Waals surface area contributed by atoms with Gasteiger partial charge in [-0.3, -0.25) is 4.57 Å². The lowest BCUT2D eigenvalue weighted by molar-refractivity contribution is 0.528. The van der Waals surface area contributed by atoms with Crippen LogP contribution < -0.4 is 5.76 Å². The molecule has 0 spiro atoms. The molecule has 1 aromatic carbocycles. The van der Waals surface area contributed by atoms with Crippen molar-refractivity contribution in [1.82, 2.24) is 4.57 Å². The van der Waals surface area contributed by atoms with Crippen molar-refractivity contribution in [1.29, 1.82) is 0 Å². The van der Waals surface area contributed by atoms with E-state index in [9.17, 15) is 4.79 Å². The zero-order valence-electron chi connectivity index (χ0n) is 7.50. The quantitative estimate of drug-likeness (QED) is 0.642. The molecule has 70 valence electrons. The van der Waals surface area contributed by atoms with Crippen molar-refractivity contribution in [2.75, 3.05) is 0 Å². The van der Waals surface area contributed by atoms with Crippen LogP contribution in [0.2, 0.25) is 0 Å². The molecular formula is C9H11NO2S. The number of benzene rings is 1. The predicted octanol–water partition coefficient (Wildman–Crippen LogP) is 1.55. The van der Waals surface area contributed by atoms with E-state index in [4.69, 9.17) is 4.42 Å². The normalized spacial score (nSPS) is 10.0. The molecule has 0 aliphatic carbocycles. The van der Waals surface area contributed by atoms with E-state index in [1.165, 1.54) is 4.57 Å². The molecule has 0 saturated heterocycles. The summed E-state index contributed by atoms with van der Waals surface area (Å²) in [5.74, 6) is -0.310. The molecule has 1 heterocycles. The first-order chi connectivity index (χ1) is 5.68. The number of aryl methyl sites for hydroxylation is 2. The lowest BCUT2D eigenvalue weighted by Gasteiger charge is -1.92. The Morgan fingerprint density at radius 1 is 1.38 bits per heavy atom. The fourth-order valence-electron chi connectivity index (χ4n) is 1.24. The maximum atomic E-state index is 11.0. The van der Waals surface area contributed by atoms with Crippen LogP contribution in [0.15, 0.2) is 27.4 Å². The Bertz CT molecular complexity index is 484. The Labute approximate surface area is 82.4 Å². The highest BCUT2D eigenvalue weighted by Gasteiger charge is 2.03. The van der Waals surface area contributed by atoms with Crippen molar-refractivity contribution in [2.45, 2.75) is 6.92 Å². The molecule has 2 rings (SSSR count). The second-order valence-corrected chi connectivity index (χ2v) is 2.90. The van der Waals surface area contributed by atoms with Gasteiger partial charge in [-0.2, -0.15) is 13.5 Å². The molecule has 0 N–H and O–H groups in total. The van der Waals surface area contributed by atoms with E-state index in [1.807, 2.05) is 25.1 Å². The van der Waals surface area contributed by atoms with Gasteiger partial charge in [-0.25, -0.2) is 4.79 Å². The minimum absolute atomic E-state index is 0. The van der Waals surface area contributed by atoms with Crippen LogP contribution in [0.1, 0.15) is 5.56 Å². The van der Waals surface area contributed by atoms with Gasteiger partial charge in [-0.05, 0) is 24.6 Å². The van der Waals surface area contributed by atoms with E-state index in [0.717, 1.165) is 11.1 Å². The number of nitrogens with zero attached hydrogens (tertiary/aromatic N) is 1. The number of fused-ring (bicyclic) bond motifs is 1. The average molecular weight is 197 g/mol. The van der Waals surface area contributed by atoms with Gasteiger partial charge in [0.25, 0.3) is 0 Å². The molecule has 0 aliphatic rings. The van der Waals surface area contributed by atoms with Crippen LogP contribution in [0.3, 0.4) is 0 Å². The third kappa shape index (κ3) is 1.49. The largest absolute Gasteiger partial charge is 0.419 e. The molecule has 3 nitrogen and oxygen atoms in total. The summed E-state index contributed by atoms with van der Waals surface area (Å²) in [6, 6.07) is 5.66. The Balaban J connectivity index is 0.000000845. The van der Waals surface area contributed by atoms with E-state index in [0.29, 0.717) is 5.58 Å². The van der Waals surface area contributed by atoms with Crippen LogP contribution in [-0.2, 0) is 7.05 Å². The van der Waals surface area contributed by atoms with Crippen LogP contribution in [0, 0.1) is 6.92 Å². The van der Waals surface area contributed by atoms with Gasteiger partial charge in [-0.15, -0.1) is 0 Å². The molecule has 0 unspecified atom stereocenters. The first kappa shape index (κ1) is 9.92. The molecule has 0 saturated carbocycles. The summed E-state index contributed by atoms with van der Waals surface area (Å²) >= 11 is 0. The predicted molar refractivity (Wildman–Crippen MR) is 56.6 cm³/mol. The molecule has 0 atom stereocenters. The summed E-state index contributed by atoms with van der Waals surface area (Å²) in [4.78, 5) is 11.0. The minimum atomic E-state index is -0.310. The Hall–Kier alpha value is -1.16. The van der Waals surface area contributed by atoms with Gasteiger partial charge in [0.1, 0.15) is 0 Å². The van der Waals surface area contributed by atoms with E-state index in [2.05, 4.69) is 0 Å². The van der Waals surface area contributed by atoms with Crippen LogP contribution in [0.4, 0.5) is 0 Å². The first-order valence-corrected chi connectivity index (χ1v) is 3.74. The van der Waals surface area contributed by atoms with Crippen LogP contribution in [0.5, 0.6) is 0 Å². The van der Waals surface area contributed by atoms with Gasteiger partial charge >= 0.3 is 5.76 Å². The Morgan fingerprint density at radius 2 is 2.08 bits per heavy atom. The summed E-state index contributed by atoms with van der Waals surface area (Å²) in [6.45, 7) is 1.98. The number of aromatic nitrogens is 1. The van der Waals surface area contributed by atoms with Gasteiger partial charge in [0.05, 0.1) is 5.52 Å². The standard InChI is InChI=1S/C9H9NO2.H2S/c1-6-3-4-8-7(5-6)10(2)9(11)12-8;/h3-5H,1-2H3;1H2. The van der Waals surface area contributed by atoms with Crippen molar-refractivity contribution in [3.8, 4) is 0 Å². The monoisotopic (exact) mass is 197 g/mol. The topological polar surface area (TPSA) is 35.1 Å². The number of hydrogen-bond donors (Lipinski definition) is 0. The van der Waals surface area contributed by atoms with Crippen LogP contribution in [-0.4, -0.2) is 4.57 Å². The maximum absolute atomic E-state index is 11.0. The molecule has 0 radical (unpaired) electrons. The average Bonchev–Trinajstić information content (AvgIpc) is 2.31. The Kier molecular flexibility index (Phi) is 2.52. The summed E-state index contributed by atoms with van der Waals surface area (Å²) in [5.41, 5.74) is 2.62. The lowest BCUT2D eigenvalue weighted by atomic mass is 10.2. The number of hydrogen-bond acceptors (Lipinski definition) is 2. The minimum Gasteiger partial charge on any atom is -0.408 e. The van der Waals surface area contributed by atoms with Crippen LogP contribution in [0.25, 0.3) is 11.1 Å². The molecule has 0 fully saturated rings.